The lowest BCUT2D eigenvalue weighted by Crippen LogP contribution is -2.41. The van der Waals surface area contributed by atoms with Crippen LogP contribution in [-0.2, 0) is 11.2 Å². The molecule has 1 amide bonds. The quantitative estimate of drug-likeness (QED) is 0.771. The SMILES string of the molecule is C=CC(=O)N1CCc2ccccc2[C@@H](c2ccccc2)[C@H]1C. The van der Waals surface area contributed by atoms with Gasteiger partial charge in [0, 0.05) is 18.5 Å². The maximum absolute atomic E-state index is 12.3. The Morgan fingerprint density at radius 2 is 1.82 bits per heavy atom. The number of carbonyl (C=O) groups is 1. The molecule has 1 aliphatic heterocycles. The van der Waals surface area contributed by atoms with Crippen molar-refractivity contribution in [1.29, 1.82) is 0 Å². The maximum atomic E-state index is 12.3. The van der Waals surface area contributed by atoms with E-state index in [1.165, 1.54) is 22.8 Å². The summed E-state index contributed by atoms with van der Waals surface area (Å²) < 4.78 is 0. The normalized spacial score (nSPS) is 20.9. The van der Waals surface area contributed by atoms with Gasteiger partial charge in [0.25, 0.3) is 0 Å². The lowest BCUT2D eigenvalue weighted by Gasteiger charge is -2.32. The van der Waals surface area contributed by atoms with E-state index in [0.29, 0.717) is 0 Å². The molecule has 2 atom stereocenters. The summed E-state index contributed by atoms with van der Waals surface area (Å²) in [6.45, 7) is 6.54. The standard InChI is InChI=1S/C20H21NO/c1-3-19(22)21-14-13-16-9-7-8-12-18(16)20(15(21)2)17-10-5-4-6-11-17/h3-12,15,20H,1,13-14H2,2H3/t15-,20-/m1/s1. The molecule has 112 valence electrons. The molecule has 2 heteroatoms. The van der Waals surface area contributed by atoms with Crippen LogP contribution in [0.2, 0.25) is 0 Å². The summed E-state index contributed by atoms with van der Waals surface area (Å²) in [5, 5.41) is 0. The van der Waals surface area contributed by atoms with Gasteiger partial charge in [0.1, 0.15) is 0 Å². The van der Waals surface area contributed by atoms with Crippen molar-refractivity contribution in [3.8, 4) is 0 Å². The van der Waals surface area contributed by atoms with Gasteiger partial charge in [0.05, 0.1) is 0 Å². The molecular weight excluding hydrogens is 270 g/mol. The third-order valence-electron chi connectivity index (χ3n) is 4.60. The molecule has 0 fully saturated rings. The summed E-state index contributed by atoms with van der Waals surface area (Å²) >= 11 is 0. The summed E-state index contributed by atoms with van der Waals surface area (Å²) in [6, 6.07) is 19.1. The highest BCUT2D eigenvalue weighted by molar-refractivity contribution is 5.87. The molecule has 3 rings (SSSR count). The average molecular weight is 291 g/mol. The van der Waals surface area contributed by atoms with Crippen LogP contribution in [0.5, 0.6) is 0 Å². The van der Waals surface area contributed by atoms with E-state index in [-0.39, 0.29) is 17.9 Å². The minimum absolute atomic E-state index is 0.0150. The first-order valence-electron chi connectivity index (χ1n) is 7.78. The summed E-state index contributed by atoms with van der Waals surface area (Å²) in [5.41, 5.74) is 3.93. The van der Waals surface area contributed by atoms with Crippen LogP contribution in [0, 0.1) is 0 Å². The number of carbonyl (C=O) groups excluding carboxylic acids is 1. The Balaban J connectivity index is 2.12. The highest BCUT2D eigenvalue weighted by Crippen LogP contribution is 2.35. The van der Waals surface area contributed by atoms with Crippen LogP contribution < -0.4 is 0 Å². The Morgan fingerprint density at radius 3 is 2.55 bits per heavy atom. The summed E-state index contributed by atoms with van der Waals surface area (Å²) in [4.78, 5) is 14.2. The number of rotatable bonds is 2. The Labute approximate surface area is 132 Å². The van der Waals surface area contributed by atoms with Crippen molar-refractivity contribution in [2.45, 2.75) is 25.3 Å². The Bertz CT molecular complexity index is 677. The molecular formula is C20H21NO. The van der Waals surface area contributed by atoms with E-state index in [0.717, 1.165) is 13.0 Å². The second-order valence-electron chi connectivity index (χ2n) is 5.81. The van der Waals surface area contributed by atoms with E-state index in [1.54, 1.807) is 0 Å². The minimum atomic E-state index is 0.0150. The van der Waals surface area contributed by atoms with Gasteiger partial charge in [0.15, 0.2) is 0 Å². The van der Waals surface area contributed by atoms with E-state index >= 15 is 0 Å². The van der Waals surface area contributed by atoms with Crippen LogP contribution in [0.1, 0.15) is 29.5 Å². The molecule has 2 nitrogen and oxygen atoms in total. The molecule has 1 heterocycles. The largest absolute Gasteiger partial charge is 0.335 e. The second-order valence-corrected chi connectivity index (χ2v) is 5.81. The lowest BCUT2D eigenvalue weighted by atomic mass is 9.83. The van der Waals surface area contributed by atoms with Gasteiger partial charge in [-0.1, -0.05) is 61.2 Å². The van der Waals surface area contributed by atoms with Crippen molar-refractivity contribution in [2.24, 2.45) is 0 Å². The van der Waals surface area contributed by atoms with Gasteiger partial charge in [-0.05, 0) is 36.1 Å². The van der Waals surface area contributed by atoms with Crippen molar-refractivity contribution in [3.63, 3.8) is 0 Å². The van der Waals surface area contributed by atoms with Crippen LogP contribution in [0.4, 0.5) is 0 Å². The van der Waals surface area contributed by atoms with Crippen LogP contribution >= 0.6 is 0 Å². The zero-order valence-electron chi connectivity index (χ0n) is 12.9. The van der Waals surface area contributed by atoms with Crippen molar-refractivity contribution in [3.05, 3.63) is 83.9 Å². The molecule has 0 bridgehead atoms. The second kappa shape index (κ2) is 6.18. The summed E-state index contributed by atoms with van der Waals surface area (Å²) in [6.07, 6.45) is 2.32. The van der Waals surface area contributed by atoms with E-state index in [9.17, 15) is 4.79 Å². The van der Waals surface area contributed by atoms with Crippen molar-refractivity contribution in [1.82, 2.24) is 4.90 Å². The highest BCUT2D eigenvalue weighted by Gasteiger charge is 2.32. The highest BCUT2D eigenvalue weighted by atomic mass is 16.2. The number of benzene rings is 2. The van der Waals surface area contributed by atoms with E-state index in [4.69, 9.17) is 0 Å². The minimum Gasteiger partial charge on any atom is -0.335 e. The van der Waals surface area contributed by atoms with E-state index in [2.05, 4.69) is 62.0 Å². The molecule has 0 aliphatic carbocycles. The molecule has 0 radical (unpaired) electrons. The fourth-order valence-electron chi connectivity index (χ4n) is 3.50. The fourth-order valence-corrected chi connectivity index (χ4v) is 3.50. The molecule has 1 aliphatic rings. The van der Waals surface area contributed by atoms with Gasteiger partial charge >= 0.3 is 0 Å². The van der Waals surface area contributed by atoms with Gasteiger partial charge in [-0.15, -0.1) is 0 Å². The topological polar surface area (TPSA) is 20.3 Å². The zero-order valence-corrected chi connectivity index (χ0v) is 12.9. The van der Waals surface area contributed by atoms with E-state index < -0.39 is 0 Å². The first-order valence-corrected chi connectivity index (χ1v) is 7.78. The lowest BCUT2D eigenvalue weighted by molar-refractivity contribution is -0.128. The van der Waals surface area contributed by atoms with Crippen LogP contribution in [0.15, 0.2) is 67.3 Å². The van der Waals surface area contributed by atoms with Gasteiger partial charge in [-0.2, -0.15) is 0 Å². The Morgan fingerprint density at radius 1 is 1.14 bits per heavy atom. The van der Waals surface area contributed by atoms with Gasteiger partial charge < -0.3 is 4.90 Å². The third kappa shape index (κ3) is 2.57. The molecule has 0 N–H and O–H groups in total. The number of fused-ring (bicyclic) bond motifs is 1. The number of hydrogen-bond donors (Lipinski definition) is 0. The third-order valence-corrected chi connectivity index (χ3v) is 4.60. The molecule has 0 saturated heterocycles. The Kier molecular flexibility index (Phi) is 4.10. The predicted molar refractivity (Wildman–Crippen MR) is 89.8 cm³/mol. The summed E-state index contributed by atoms with van der Waals surface area (Å²) in [5.74, 6) is 0.213. The van der Waals surface area contributed by atoms with Crippen LogP contribution in [-0.4, -0.2) is 23.4 Å². The van der Waals surface area contributed by atoms with E-state index in [1.807, 2.05) is 11.0 Å². The maximum Gasteiger partial charge on any atom is 0.246 e. The fraction of sp³-hybridized carbons (Fsp3) is 0.250. The predicted octanol–water partition coefficient (Wildman–Crippen LogP) is 3.78. The van der Waals surface area contributed by atoms with Crippen molar-refractivity contribution in [2.75, 3.05) is 6.54 Å². The smallest absolute Gasteiger partial charge is 0.246 e. The molecule has 0 aromatic heterocycles. The summed E-state index contributed by atoms with van der Waals surface area (Å²) in [7, 11) is 0. The molecule has 2 aromatic rings. The molecule has 2 aromatic carbocycles. The monoisotopic (exact) mass is 291 g/mol. The first-order chi connectivity index (χ1) is 10.7. The number of nitrogens with zero attached hydrogens (tertiary/aromatic N) is 1. The van der Waals surface area contributed by atoms with Crippen LogP contribution in [0.3, 0.4) is 0 Å². The van der Waals surface area contributed by atoms with Crippen molar-refractivity contribution < 1.29 is 4.79 Å². The average Bonchev–Trinajstić information content (AvgIpc) is 2.71. The Hall–Kier alpha value is -2.35. The van der Waals surface area contributed by atoms with Crippen molar-refractivity contribution >= 4 is 5.91 Å². The van der Waals surface area contributed by atoms with Gasteiger partial charge in [0.2, 0.25) is 5.91 Å². The number of amides is 1. The molecule has 0 saturated carbocycles. The van der Waals surface area contributed by atoms with Gasteiger partial charge in [-0.3, -0.25) is 4.79 Å². The zero-order chi connectivity index (χ0) is 15.5. The number of hydrogen-bond acceptors (Lipinski definition) is 1. The first kappa shape index (κ1) is 14.6. The molecule has 0 unspecified atom stereocenters. The molecule has 22 heavy (non-hydrogen) atoms. The van der Waals surface area contributed by atoms with Crippen LogP contribution in [0.25, 0.3) is 0 Å². The van der Waals surface area contributed by atoms with Gasteiger partial charge in [-0.25, -0.2) is 0 Å². The molecule has 0 spiro atoms.